The summed E-state index contributed by atoms with van der Waals surface area (Å²) in [4.78, 5) is 13.5. The molecule has 0 amide bonds. The standard InChI is InChI=1S/C15H21FN6/c1-4-18-13-12-8(2)5-9(3)19-14(12)22-15(21-13)20-11-7-17-6-10(11)16/h5,10-11,17H,4,6-7H2,1-3H3,(H2,18,19,20,21,22). The van der Waals surface area contributed by atoms with Gasteiger partial charge in [0.1, 0.15) is 12.0 Å². The van der Waals surface area contributed by atoms with Crippen LogP contribution in [0.3, 0.4) is 0 Å². The monoisotopic (exact) mass is 304 g/mol. The molecule has 0 bridgehead atoms. The van der Waals surface area contributed by atoms with Crippen LogP contribution < -0.4 is 16.0 Å². The van der Waals surface area contributed by atoms with Crippen molar-refractivity contribution in [1.82, 2.24) is 20.3 Å². The van der Waals surface area contributed by atoms with Gasteiger partial charge in [0.25, 0.3) is 0 Å². The number of aryl methyl sites for hydroxylation is 2. The lowest BCUT2D eigenvalue weighted by molar-refractivity contribution is 0.342. The molecule has 0 aliphatic carbocycles. The van der Waals surface area contributed by atoms with Gasteiger partial charge in [-0.2, -0.15) is 9.97 Å². The van der Waals surface area contributed by atoms with Gasteiger partial charge in [-0.05, 0) is 32.4 Å². The molecule has 0 radical (unpaired) electrons. The Kier molecular flexibility index (Phi) is 4.06. The van der Waals surface area contributed by atoms with Gasteiger partial charge in [0.15, 0.2) is 5.65 Å². The van der Waals surface area contributed by atoms with E-state index in [0.29, 0.717) is 24.7 Å². The molecule has 3 heterocycles. The minimum Gasteiger partial charge on any atom is -0.370 e. The molecule has 118 valence electrons. The van der Waals surface area contributed by atoms with Crippen LogP contribution in [0.15, 0.2) is 6.07 Å². The van der Waals surface area contributed by atoms with Crippen LogP contribution in [0.2, 0.25) is 0 Å². The first kappa shape index (κ1) is 14.9. The van der Waals surface area contributed by atoms with Crippen LogP contribution >= 0.6 is 0 Å². The summed E-state index contributed by atoms with van der Waals surface area (Å²) in [6.07, 6.45) is -0.936. The summed E-state index contributed by atoms with van der Waals surface area (Å²) in [6.45, 7) is 7.65. The summed E-state index contributed by atoms with van der Waals surface area (Å²) >= 11 is 0. The first-order valence-electron chi connectivity index (χ1n) is 7.59. The molecule has 2 unspecified atom stereocenters. The van der Waals surface area contributed by atoms with Crippen molar-refractivity contribution in [3.8, 4) is 0 Å². The number of anilines is 2. The van der Waals surface area contributed by atoms with Crippen molar-refractivity contribution in [1.29, 1.82) is 0 Å². The van der Waals surface area contributed by atoms with Gasteiger partial charge >= 0.3 is 0 Å². The van der Waals surface area contributed by atoms with Crippen LogP contribution in [0.4, 0.5) is 16.2 Å². The van der Waals surface area contributed by atoms with Gasteiger partial charge in [-0.25, -0.2) is 9.37 Å². The average Bonchev–Trinajstić information content (AvgIpc) is 2.83. The number of pyridine rings is 1. The molecular formula is C15H21FN6. The molecule has 7 heteroatoms. The highest BCUT2D eigenvalue weighted by atomic mass is 19.1. The maximum absolute atomic E-state index is 13.8. The molecule has 3 rings (SSSR count). The Bertz CT molecular complexity index is 689. The summed E-state index contributed by atoms with van der Waals surface area (Å²) in [5.74, 6) is 1.15. The highest BCUT2D eigenvalue weighted by Crippen LogP contribution is 2.25. The molecule has 0 spiro atoms. The molecule has 3 N–H and O–H groups in total. The zero-order valence-corrected chi connectivity index (χ0v) is 13.1. The Morgan fingerprint density at radius 3 is 2.77 bits per heavy atom. The number of halogens is 1. The molecule has 1 aliphatic rings. The quantitative estimate of drug-likeness (QED) is 0.800. The Hall–Kier alpha value is -2.02. The van der Waals surface area contributed by atoms with Crippen molar-refractivity contribution in [2.24, 2.45) is 0 Å². The molecular weight excluding hydrogens is 283 g/mol. The van der Waals surface area contributed by atoms with Crippen molar-refractivity contribution in [2.75, 3.05) is 30.3 Å². The van der Waals surface area contributed by atoms with Crippen molar-refractivity contribution >= 4 is 22.8 Å². The largest absolute Gasteiger partial charge is 0.370 e. The fourth-order valence-corrected chi connectivity index (χ4v) is 2.79. The lowest BCUT2D eigenvalue weighted by Gasteiger charge is -2.16. The Labute approximate surface area is 129 Å². The highest BCUT2D eigenvalue weighted by Gasteiger charge is 2.27. The lowest BCUT2D eigenvalue weighted by Crippen LogP contribution is -2.30. The molecule has 1 fully saturated rings. The third-order valence-electron chi connectivity index (χ3n) is 3.79. The predicted molar refractivity (Wildman–Crippen MR) is 86.1 cm³/mol. The van der Waals surface area contributed by atoms with Gasteiger partial charge in [0.2, 0.25) is 5.95 Å². The van der Waals surface area contributed by atoms with Crippen LogP contribution in [-0.2, 0) is 0 Å². The molecule has 2 atom stereocenters. The van der Waals surface area contributed by atoms with Crippen molar-refractivity contribution in [2.45, 2.75) is 33.0 Å². The fraction of sp³-hybridized carbons (Fsp3) is 0.533. The molecule has 2 aromatic heterocycles. The third kappa shape index (κ3) is 2.81. The predicted octanol–water partition coefficient (Wildman–Crippen LogP) is 1.80. The molecule has 0 saturated carbocycles. The third-order valence-corrected chi connectivity index (χ3v) is 3.79. The maximum atomic E-state index is 13.8. The Balaban J connectivity index is 2.04. The van der Waals surface area contributed by atoms with E-state index in [2.05, 4.69) is 30.9 Å². The van der Waals surface area contributed by atoms with E-state index in [1.54, 1.807) is 0 Å². The van der Waals surface area contributed by atoms with E-state index in [-0.39, 0.29) is 6.04 Å². The number of nitrogens with zero attached hydrogens (tertiary/aromatic N) is 3. The number of hydrogen-bond acceptors (Lipinski definition) is 6. The summed E-state index contributed by atoms with van der Waals surface area (Å²) in [5, 5.41) is 10.3. The van der Waals surface area contributed by atoms with Crippen molar-refractivity contribution in [3.05, 3.63) is 17.3 Å². The van der Waals surface area contributed by atoms with Gasteiger partial charge in [0, 0.05) is 25.3 Å². The number of hydrogen-bond donors (Lipinski definition) is 3. The molecule has 22 heavy (non-hydrogen) atoms. The van der Waals surface area contributed by atoms with E-state index in [1.807, 2.05) is 26.8 Å². The zero-order chi connectivity index (χ0) is 15.7. The van der Waals surface area contributed by atoms with Crippen LogP contribution in [0.5, 0.6) is 0 Å². The number of rotatable bonds is 4. The van der Waals surface area contributed by atoms with E-state index in [9.17, 15) is 4.39 Å². The number of nitrogens with one attached hydrogen (secondary N) is 3. The molecule has 2 aromatic rings. The SMILES string of the molecule is CCNc1nc(NC2CNCC2F)nc2nc(C)cc(C)c12. The van der Waals surface area contributed by atoms with E-state index < -0.39 is 6.17 Å². The lowest BCUT2D eigenvalue weighted by atomic mass is 10.1. The first-order chi connectivity index (χ1) is 10.6. The highest BCUT2D eigenvalue weighted by molar-refractivity contribution is 5.90. The fourth-order valence-electron chi connectivity index (χ4n) is 2.79. The minimum atomic E-state index is -0.936. The Morgan fingerprint density at radius 2 is 2.09 bits per heavy atom. The zero-order valence-electron chi connectivity index (χ0n) is 13.1. The number of aromatic nitrogens is 3. The Morgan fingerprint density at radius 1 is 1.27 bits per heavy atom. The van der Waals surface area contributed by atoms with Gasteiger partial charge in [-0.15, -0.1) is 0 Å². The van der Waals surface area contributed by atoms with E-state index in [1.165, 1.54) is 0 Å². The van der Waals surface area contributed by atoms with Gasteiger partial charge in [0.05, 0.1) is 11.4 Å². The molecule has 1 saturated heterocycles. The van der Waals surface area contributed by atoms with Crippen molar-refractivity contribution in [3.63, 3.8) is 0 Å². The smallest absolute Gasteiger partial charge is 0.227 e. The topological polar surface area (TPSA) is 74.8 Å². The van der Waals surface area contributed by atoms with Crippen LogP contribution in [0.25, 0.3) is 11.0 Å². The van der Waals surface area contributed by atoms with Crippen molar-refractivity contribution < 1.29 is 4.39 Å². The van der Waals surface area contributed by atoms with Crippen LogP contribution in [-0.4, -0.2) is 46.8 Å². The first-order valence-corrected chi connectivity index (χ1v) is 7.59. The van der Waals surface area contributed by atoms with Gasteiger partial charge in [-0.3, -0.25) is 0 Å². The number of fused-ring (bicyclic) bond motifs is 1. The van der Waals surface area contributed by atoms with Crippen LogP contribution in [0.1, 0.15) is 18.2 Å². The normalized spacial score (nSPS) is 21.3. The van der Waals surface area contributed by atoms with E-state index >= 15 is 0 Å². The molecule has 0 aromatic carbocycles. The van der Waals surface area contributed by atoms with E-state index in [0.717, 1.165) is 29.0 Å². The minimum absolute atomic E-state index is 0.308. The van der Waals surface area contributed by atoms with Gasteiger partial charge < -0.3 is 16.0 Å². The summed E-state index contributed by atoms with van der Waals surface area (Å²) in [7, 11) is 0. The average molecular weight is 304 g/mol. The van der Waals surface area contributed by atoms with E-state index in [4.69, 9.17) is 0 Å². The maximum Gasteiger partial charge on any atom is 0.227 e. The van der Waals surface area contributed by atoms with Gasteiger partial charge in [-0.1, -0.05) is 0 Å². The summed E-state index contributed by atoms with van der Waals surface area (Å²) in [6, 6.07) is 1.70. The second-order valence-electron chi connectivity index (χ2n) is 5.63. The summed E-state index contributed by atoms with van der Waals surface area (Å²) in [5.41, 5.74) is 2.62. The molecule has 6 nitrogen and oxygen atoms in total. The summed E-state index contributed by atoms with van der Waals surface area (Å²) < 4.78 is 13.8. The molecule has 1 aliphatic heterocycles. The second kappa shape index (κ2) is 6.00. The van der Waals surface area contributed by atoms with Crippen LogP contribution in [0, 0.1) is 13.8 Å². The second-order valence-corrected chi connectivity index (χ2v) is 5.63. The number of alkyl halides is 1.